The van der Waals surface area contributed by atoms with Crippen LogP contribution in [0.5, 0.6) is 0 Å². The van der Waals surface area contributed by atoms with Crippen LogP contribution < -0.4 is 10.2 Å². The van der Waals surface area contributed by atoms with E-state index in [1.165, 1.54) is 0 Å². The Morgan fingerprint density at radius 3 is 2.66 bits per heavy atom. The Balaban J connectivity index is 1.62. The Kier molecular flexibility index (Phi) is 7.01. The minimum absolute atomic E-state index is 0.0596. The van der Waals surface area contributed by atoms with E-state index in [2.05, 4.69) is 15.2 Å². The number of nitrogens with zero attached hydrogens (tertiary/aromatic N) is 3. The fraction of sp³-hybridized carbons (Fsp3) is 0.667. The monoisotopic (exact) mass is 422 g/mol. The Labute approximate surface area is 177 Å². The summed E-state index contributed by atoms with van der Waals surface area (Å²) < 4.78 is 5.30. The van der Waals surface area contributed by atoms with Gasteiger partial charge in [-0.05, 0) is 24.8 Å². The molecule has 0 aromatic carbocycles. The maximum absolute atomic E-state index is 12.6. The van der Waals surface area contributed by atoms with Crippen molar-refractivity contribution in [2.45, 2.75) is 33.6 Å². The van der Waals surface area contributed by atoms with E-state index in [9.17, 15) is 9.59 Å². The molecule has 0 radical (unpaired) electrons. The first kappa shape index (κ1) is 21.8. The molecule has 2 saturated heterocycles. The summed E-state index contributed by atoms with van der Waals surface area (Å²) in [6.45, 7) is 10.4. The molecule has 0 saturated carbocycles. The molecule has 0 aliphatic carbocycles. The first-order valence-electron chi connectivity index (χ1n) is 10.3. The van der Waals surface area contributed by atoms with Crippen molar-refractivity contribution in [1.82, 2.24) is 15.2 Å². The van der Waals surface area contributed by atoms with Gasteiger partial charge < -0.3 is 19.9 Å². The zero-order valence-corrected chi connectivity index (χ0v) is 18.3. The van der Waals surface area contributed by atoms with E-state index in [4.69, 9.17) is 16.3 Å². The van der Waals surface area contributed by atoms with Gasteiger partial charge in [0, 0.05) is 44.3 Å². The summed E-state index contributed by atoms with van der Waals surface area (Å²) in [6, 6.07) is 1.71. The third-order valence-corrected chi connectivity index (χ3v) is 5.70. The molecule has 2 aliphatic heterocycles. The summed E-state index contributed by atoms with van der Waals surface area (Å²) in [6.07, 6.45) is 3.69. The fourth-order valence-electron chi connectivity index (χ4n) is 3.66. The van der Waals surface area contributed by atoms with Gasteiger partial charge in [-0.2, -0.15) is 0 Å². The summed E-state index contributed by atoms with van der Waals surface area (Å²) in [7, 11) is 0. The van der Waals surface area contributed by atoms with Gasteiger partial charge >= 0.3 is 0 Å². The molecule has 1 aromatic heterocycles. The summed E-state index contributed by atoms with van der Waals surface area (Å²) >= 11 is 6.51. The van der Waals surface area contributed by atoms with Gasteiger partial charge in [0.05, 0.1) is 23.8 Å². The molecule has 2 amide bonds. The quantitative estimate of drug-likeness (QED) is 0.807. The van der Waals surface area contributed by atoms with Crippen molar-refractivity contribution >= 4 is 29.2 Å². The van der Waals surface area contributed by atoms with Crippen molar-refractivity contribution < 1.29 is 14.3 Å². The molecule has 3 rings (SSSR count). The number of piperidine rings is 1. The predicted octanol–water partition coefficient (Wildman–Crippen LogP) is 2.59. The van der Waals surface area contributed by atoms with E-state index in [1.807, 2.05) is 20.8 Å². The highest BCUT2D eigenvalue weighted by molar-refractivity contribution is 6.33. The van der Waals surface area contributed by atoms with Crippen LogP contribution in [0.1, 0.15) is 44.0 Å². The molecule has 2 fully saturated rings. The number of amides is 2. The minimum Gasteiger partial charge on any atom is -0.378 e. The van der Waals surface area contributed by atoms with Gasteiger partial charge in [0.2, 0.25) is 5.91 Å². The molecule has 8 heteroatoms. The number of hydrogen-bond acceptors (Lipinski definition) is 5. The van der Waals surface area contributed by atoms with Crippen LogP contribution in [-0.2, 0) is 9.53 Å². The van der Waals surface area contributed by atoms with E-state index >= 15 is 0 Å². The maximum Gasteiger partial charge on any atom is 0.255 e. The second kappa shape index (κ2) is 9.30. The van der Waals surface area contributed by atoms with Crippen LogP contribution in [0.2, 0.25) is 5.02 Å². The van der Waals surface area contributed by atoms with Crippen molar-refractivity contribution in [3.05, 3.63) is 22.8 Å². The first-order valence-corrected chi connectivity index (χ1v) is 10.7. The number of hydrogen-bond donors (Lipinski definition) is 1. The van der Waals surface area contributed by atoms with Gasteiger partial charge in [-0.15, -0.1) is 0 Å². The summed E-state index contributed by atoms with van der Waals surface area (Å²) in [4.78, 5) is 33.2. The van der Waals surface area contributed by atoms with E-state index in [0.29, 0.717) is 55.2 Å². The molecule has 2 aliphatic rings. The third-order valence-electron chi connectivity index (χ3n) is 5.42. The lowest BCUT2D eigenvalue weighted by atomic mass is 9.94. The number of ether oxygens (including phenoxy) is 1. The Morgan fingerprint density at radius 1 is 1.28 bits per heavy atom. The Hall–Kier alpha value is -1.86. The lowest BCUT2D eigenvalue weighted by molar-refractivity contribution is -0.128. The third kappa shape index (κ3) is 5.60. The van der Waals surface area contributed by atoms with Crippen LogP contribution in [-0.4, -0.2) is 67.6 Å². The lowest BCUT2D eigenvalue weighted by Crippen LogP contribution is -2.44. The summed E-state index contributed by atoms with van der Waals surface area (Å²) in [5, 5.41) is 3.55. The number of rotatable bonds is 4. The Morgan fingerprint density at radius 2 is 2.00 bits per heavy atom. The van der Waals surface area contributed by atoms with Gasteiger partial charge in [0.1, 0.15) is 5.82 Å². The van der Waals surface area contributed by atoms with E-state index < -0.39 is 0 Å². The van der Waals surface area contributed by atoms with Crippen LogP contribution in [0.25, 0.3) is 0 Å². The van der Waals surface area contributed by atoms with Crippen LogP contribution in [0, 0.1) is 11.3 Å². The highest BCUT2D eigenvalue weighted by Crippen LogP contribution is 2.29. The van der Waals surface area contributed by atoms with E-state index in [1.54, 1.807) is 17.2 Å². The molecule has 29 heavy (non-hydrogen) atoms. The molecule has 1 aromatic rings. The van der Waals surface area contributed by atoms with Crippen LogP contribution in [0.3, 0.4) is 0 Å². The van der Waals surface area contributed by atoms with Crippen LogP contribution in [0.4, 0.5) is 5.82 Å². The van der Waals surface area contributed by atoms with Gasteiger partial charge in [-0.1, -0.05) is 32.4 Å². The topological polar surface area (TPSA) is 74.8 Å². The second-order valence-electron chi connectivity index (χ2n) is 8.85. The Bertz CT molecular complexity index is 744. The number of anilines is 1. The minimum atomic E-state index is -0.387. The average molecular weight is 423 g/mol. The highest BCUT2D eigenvalue weighted by atomic mass is 35.5. The normalized spacial score (nSPS) is 20.5. The number of carbonyl (C=O) groups excluding carboxylic acids is 2. The largest absolute Gasteiger partial charge is 0.378 e. The van der Waals surface area contributed by atoms with E-state index in [0.717, 1.165) is 25.9 Å². The number of nitrogens with one attached hydrogen (secondary N) is 1. The number of halogens is 1. The van der Waals surface area contributed by atoms with E-state index in [-0.39, 0.29) is 17.2 Å². The highest BCUT2D eigenvalue weighted by Gasteiger charge is 2.26. The molecule has 0 spiro atoms. The average Bonchev–Trinajstić information content (AvgIpc) is 2.71. The number of carbonyl (C=O) groups is 2. The number of morpholine rings is 1. The molecule has 7 nitrogen and oxygen atoms in total. The fourth-order valence-corrected chi connectivity index (χ4v) is 3.94. The zero-order valence-electron chi connectivity index (χ0n) is 17.5. The molecular weight excluding hydrogens is 392 g/mol. The van der Waals surface area contributed by atoms with Gasteiger partial charge in [0.25, 0.3) is 5.91 Å². The number of pyridine rings is 1. The molecule has 1 N–H and O–H groups in total. The van der Waals surface area contributed by atoms with Crippen LogP contribution >= 0.6 is 11.6 Å². The number of aromatic nitrogens is 1. The SMILES string of the molecule is CC(C)(C)C(=O)NCC1CCCN(c2ncc(C(=O)N3CCOCC3)cc2Cl)C1. The molecule has 0 bridgehead atoms. The van der Waals surface area contributed by atoms with Gasteiger partial charge in [-0.3, -0.25) is 9.59 Å². The second-order valence-corrected chi connectivity index (χ2v) is 9.26. The molecule has 1 atom stereocenters. The molecule has 3 heterocycles. The zero-order chi connectivity index (χ0) is 21.0. The molecular formula is C21H31ClN4O3. The molecule has 160 valence electrons. The summed E-state index contributed by atoms with van der Waals surface area (Å²) in [5.74, 6) is 1.06. The maximum atomic E-state index is 12.6. The van der Waals surface area contributed by atoms with Crippen molar-refractivity contribution in [3.63, 3.8) is 0 Å². The van der Waals surface area contributed by atoms with Crippen molar-refractivity contribution in [3.8, 4) is 0 Å². The van der Waals surface area contributed by atoms with Crippen molar-refractivity contribution in [2.75, 3.05) is 50.8 Å². The lowest BCUT2D eigenvalue weighted by Gasteiger charge is -2.34. The smallest absolute Gasteiger partial charge is 0.255 e. The molecule has 1 unspecified atom stereocenters. The van der Waals surface area contributed by atoms with Crippen LogP contribution in [0.15, 0.2) is 12.3 Å². The first-order chi connectivity index (χ1) is 13.8. The predicted molar refractivity (Wildman–Crippen MR) is 113 cm³/mol. The standard InChI is InChI=1S/C21H31ClN4O3/c1-21(2,3)20(28)24-12-15-5-4-6-26(14-15)18-17(22)11-16(13-23-18)19(27)25-7-9-29-10-8-25/h11,13,15H,4-10,12,14H2,1-3H3,(H,24,28). The van der Waals surface area contributed by atoms with Gasteiger partial charge in [0.15, 0.2) is 0 Å². The summed E-state index contributed by atoms with van der Waals surface area (Å²) in [5.41, 5.74) is 0.119. The van der Waals surface area contributed by atoms with Crippen molar-refractivity contribution in [2.24, 2.45) is 11.3 Å². The van der Waals surface area contributed by atoms with Gasteiger partial charge in [-0.25, -0.2) is 4.98 Å². The van der Waals surface area contributed by atoms with Crippen molar-refractivity contribution in [1.29, 1.82) is 0 Å².